The number of aliphatic hydroxyl groups excluding tert-OH is 1. The number of aromatic nitrogens is 2. The summed E-state index contributed by atoms with van der Waals surface area (Å²) in [5.74, 6) is -2.17. The summed E-state index contributed by atoms with van der Waals surface area (Å²) in [6.45, 7) is 0.386. The van der Waals surface area contributed by atoms with Crippen LogP contribution in [0.4, 0.5) is 0 Å². The number of amides is 2. The largest absolute Gasteiger partial charge is 0.383 e. The van der Waals surface area contributed by atoms with E-state index in [4.69, 9.17) is 11.5 Å². The number of carbonyl (C=O) groups excluding carboxylic acids is 2. The zero-order valence-electron chi connectivity index (χ0n) is 15.2. The van der Waals surface area contributed by atoms with Crippen LogP contribution in [0, 0.1) is 0 Å². The van der Waals surface area contributed by atoms with E-state index in [1.807, 2.05) is 60.7 Å². The molecule has 0 bridgehead atoms. The fourth-order valence-electron chi connectivity index (χ4n) is 3.16. The summed E-state index contributed by atoms with van der Waals surface area (Å²) in [5, 5.41) is 10.4. The highest BCUT2D eigenvalue weighted by Crippen LogP contribution is 2.25. The third-order valence-corrected chi connectivity index (χ3v) is 4.56. The maximum atomic E-state index is 11.9. The van der Waals surface area contributed by atoms with E-state index in [0.717, 1.165) is 11.1 Å². The third-order valence-electron chi connectivity index (χ3n) is 4.56. The molecule has 7 nitrogen and oxygen atoms in total. The second kappa shape index (κ2) is 8.49. The fraction of sp³-hybridized carbons (Fsp3) is 0.190. The highest BCUT2D eigenvalue weighted by molar-refractivity contribution is 5.89. The first-order chi connectivity index (χ1) is 13.5. The molecule has 0 aliphatic carbocycles. The number of nitrogens with two attached hydrogens (primary N) is 2. The van der Waals surface area contributed by atoms with Gasteiger partial charge < -0.3 is 21.1 Å². The van der Waals surface area contributed by atoms with E-state index < -0.39 is 23.8 Å². The second-order valence-electron chi connectivity index (χ2n) is 6.61. The molecule has 2 amide bonds. The summed E-state index contributed by atoms with van der Waals surface area (Å²) in [4.78, 5) is 27.9. The average molecular weight is 378 g/mol. The summed E-state index contributed by atoms with van der Waals surface area (Å²) in [7, 11) is 0. The van der Waals surface area contributed by atoms with Crippen molar-refractivity contribution in [3.63, 3.8) is 0 Å². The maximum absolute atomic E-state index is 11.9. The maximum Gasteiger partial charge on any atom is 0.284 e. The van der Waals surface area contributed by atoms with Gasteiger partial charge in [0, 0.05) is 18.7 Å². The summed E-state index contributed by atoms with van der Waals surface area (Å²) in [6, 6.07) is 18.9. The van der Waals surface area contributed by atoms with Gasteiger partial charge in [0.2, 0.25) is 5.91 Å². The first-order valence-electron chi connectivity index (χ1n) is 8.88. The number of benzene rings is 2. The summed E-state index contributed by atoms with van der Waals surface area (Å²) in [5.41, 5.74) is 13.1. The van der Waals surface area contributed by atoms with Gasteiger partial charge in [-0.2, -0.15) is 0 Å². The first-order valence-corrected chi connectivity index (χ1v) is 8.88. The van der Waals surface area contributed by atoms with E-state index in [1.165, 1.54) is 0 Å². The Bertz CT molecular complexity index is 954. The lowest BCUT2D eigenvalue weighted by Crippen LogP contribution is -2.35. The van der Waals surface area contributed by atoms with Crippen LogP contribution in [0.1, 0.15) is 33.4 Å². The van der Waals surface area contributed by atoms with Crippen LogP contribution in [0.2, 0.25) is 0 Å². The van der Waals surface area contributed by atoms with Crippen LogP contribution in [0.25, 0.3) is 0 Å². The number of imidazole rings is 1. The lowest BCUT2D eigenvalue weighted by molar-refractivity contribution is -0.127. The molecule has 2 aromatic carbocycles. The van der Waals surface area contributed by atoms with Crippen LogP contribution in [-0.4, -0.2) is 32.6 Å². The Morgan fingerprint density at radius 3 is 2.07 bits per heavy atom. The monoisotopic (exact) mass is 378 g/mol. The Hall–Kier alpha value is -3.45. The molecule has 0 fully saturated rings. The SMILES string of the molecule is NC(=O)c1nc(C(Cc2ccccc2)C(O)C(N)=O)cn1Cc1ccccc1. The van der Waals surface area contributed by atoms with E-state index in [-0.39, 0.29) is 5.82 Å². The van der Waals surface area contributed by atoms with E-state index >= 15 is 0 Å². The normalized spacial score (nSPS) is 13.0. The Morgan fingerprint density at radius 1 is 0.964 bits per heavy atom. The molecule has 7 heteroatoms. The lowest BCUT2D eigenvalue weighted by Gasteiger charge is -2.19. The van der Waals surface area contributed by atoms with Crippen LogP contribution in [-0.2, 0) is 17.8 Å². The molecule has 0 aliphatic rings. The predicted octanol–water partition coefficient (Wildman–Crippen LogP) is 1.20. The van der Waals surface area contributed by atoms with Gasteiger partial charge in [0.05, 0.1) is 5.69 Å². The molecule has 2 atom stereocenters. The molecule has 3 rings (SSSR count). The number of nitrogens with zero attached hydrogens (tertiary/aromatic N) is 2. The van der Waals surface area contributed by atoms with Crippen molar-refractivity contribution in [1.82, 2.24) is 9.55 Å². The third kappa shape index (κ3) is 4.44. The van der Waals surface area contributed by atoms with Crippen LogP contribution in [0.3, 0.4) is 0 Å². The van der Waals surface area contributed by atoms with Crippen molar-refractivity contribution in [2.75, 3.05) is 0 Å². The number of hydrogen-bond acceptors (Lipinski definition) is 4. The molecule has 28 heavy (non-hydrogen) atoms. The molecule has 0 aliphatic heterocycles. The van der Waals surface area contributed by atoms with Crippen molar-refractivity contribution in [2.45, 2.75) is 25.0 Å². The van der Waals surface area contributed by atoms with Crippen LogP contribution in [0.15, 0.2) is 66.9 Å². The first kappa shape index (κ1) is 19.3. The Kier molecular flexibility index (Phi) is 5.86. The fourth-order valence-corrected chi connectivity index (χ4v) is 3.16. The van der Waals surface area contributed by atoms with Gasteiger partial charge in [-0.3, -0.25) is 9.59 Å². The Balaban J connectivity index is 1.98. The summed E-state index contributed by atoms with van der Waals surface area (Å²) in [6.07, 6.45) is 0.541. The highest BCUT2D eigenvalue weighted by Gasteiger charge is 2.29. The van der Waals surface area contributed by atoms with Crippen LogP contribution >= 0.6 is 0 Å². The van der Waals surface area contributed by atoms with E-state index in [2.05, 4.69) is 4.98 Å². The van der Waals surface area contributed by atoms with Crippen molar-refractivity contribution < 1.29 is 14.7 Å². The minimum atomic E-state index is -1.44. The number of carbonyl (C=O) groups is 2. The minimum absolute atomic E-state index is 0.0635. The average Bonchev–Trinajstić information content (AvgIpc) is 3.11. The number of primary amides is 2. The van der Waals surface area contributed by atoms with Gasteiger partial charge in [0.1, 0.15) is 6.10 Å². The van der Waals surface area contributed by atoms with Gasteiger partial charge in [-0.15, -0.1) is 0 Å². The molecule has 1 heterocycles. The van der Waals surface area contributed by atoms with E-state index in [9.17, 15) is 14.7 Å². The summed E-state index contributed by atoms with van der Waals surface area (Å²) < 4.78 is 1.62. The van der Waals surface area contributed by atoms with Crippen LogP contribution < -0.4 is 11.5 Å². The molecule has 5 N–H and O–H groups in total. The van der Waals surface area contributed by atoms with Gasteiger partial charge in [-0.05, 0) is 17.5 Å². The molecule has 0 saturated heterocycles. The van der Waals surface area contributed by atoms with Crippen molar-refractivity contribution >= 4 is 11.8 Å². The second-order valence-corrected chi connectivity index (χ2v) is 6.61. The van der Waals surface area contributed by atoms with Crippen LogP contribution in [0.5, 0.6) is 0 Å². The lowest BCUT2D eigenvalue weighted by atomic mass is 9.91. The number of hydrogen-bond donors (Lipinski definition) is 3. The van der Waals surface area contributed by atoms with E-state index in [1.54, 1.807) is 10.8 Å². The Labute approximate surface area is 162 Å². The number of aliphatic hydroxyl groups is 1. The minimum Gasteiger partial charge on any atom is -0.383 e. The molecule has 1 aromatic heterocycles. The zero-order chi connectivity index (χ0) is 20.1. The smallest absolute Gasteiger partial charge is 0.284 e. The van der Waals surface area contributed by atoms with Crippen molar-refractivity contribution in [3.8, 4) is 0 Å². The molecule has 0 saturated carbocycles. The molecule has 3 aromatic rings. The standard InChI is InChI=1S/C21H22N4O3/c22-19(27)18(26)16(11-14-7-3-1-4-8-14)17-13-25(21(24-17)20(23)28)12-15-9-5-2-6-10-15/h1-10,13,16,18,26H,11-12H2,(H2,22,27)(H2,23,28). The van der Waals surface area contributed by atoms with Gasteiger partial charge >= 0.3 is 0 Å². The number of rotatable bonds is 8. The van der Waals surface area contributed by atoms with Gasteiger partial charge in [0.25, 0.3) is 5.91 Å². The van der Waals surface area contributed by atoms with Gasteiger partial charge in [-0.1, -0.05) is 60.7 Å². The quantitative estimate of drug-likeness (QED) is 0.545. The molecule has 0 spiro atoms. The topological polar surface area (TPSA) is 124 Å². The van der Waals surface area contributed by atoms with Crippen molar-refractivity contribution in [3.05, 3.63) is 89.5 Å². The summed E-state index contributed by atoms with van der Waals surface area (Å²) >= 11 is 0. The molecular formula is C21H22N4O3. The molecule has 2 unspecified atom stereocenters. The van der Waals surface area contributed by atoms with Crippen molar-refractivity contribution in [1.29, 1.82) is 0 Å². The highest BCUT2D eigenvalue weighted by atomic mass is 16.3. The van der Waals surface area contributed by atoms with Gasteiger partial charge in [-0.25, -0.2) is 4.98 Å². The van der Waals surface area contributed by atoms with Gasteiger partial charge in [0.15, 0.2) is 5.82 Å². The Morgan fingerprint density at radius 2 is 1.54 bits per heavy atom. The predicted molar refractivity (Wildman–Crippen MR) is 104 cm³/mol. The molecule has 0 radical (unpaired) electrons. The molecule has 144 valence electrons. The molecular weight excluding hydrogens is 356 g/mol. The van der Waals surface area contributed by atoms with Crippen molar-refractivity contribution in [2.24, 2.45) is 11.5 Å². The van der Waals surface area contributed by atoms with E-state index in [0.29, 0.717) is 18.7 Å². The zero-order valence-corrected chi connectivity index (χ0v) is 15.2.